The van der Waals surface area contributed by atoms with E-state index in [1.165, 1.54) is 5.56 Å². The van der Waals surface area contributed by atoms with Gasteiger partial charge in [0.05, 0.1) is 16.8 Å². The molecule has 0 aliphatic carbocycles. The van der Waals surface area contributed by atoms with Crippen LogP contribution in [-0.2, 0) is 6.67 Å². The first-order valence-corrected chi connectivity index (χ1v) is 9.49. The van der Waals surface area contributed by atoms with Crippen LogP contribution in [0.15, 0.2) is 53.4 Å². The first-order chi connectivity index (χ1) is 12.9. The third-order valence-corrected chi connectivity index (χ3v) is 4.62. The van der Waals surface area contributed by atoms with Gasteiger partial charge in [-0.25, -0.2) is 4.68 Å². The molecule has 1 aromatic carbocycles. The van der Waals surface area contributed by atoms with Crippen molar-refractivity contribution in [2.45, 2.75) is 32.5 Å². The van der Waals surface area contributed by atoms with Gasteiger partial charge < -0.3 is 10.4 Å². The molecule has 7 nitrogen and oxygen atoms in total. The van der Waals surface area contributed by atoms with Crippen molar-refractivity contribution in [3.8, 4) is 0 Å². The Morgan fingerprint density at radius 3 is 2.52 bits per heavy atom. The van der Waals surface area contributed by atoms with E-state index in [-0.39, 0.29) is 12.5 Å². The highest BCUT2D eigenvalue weighted by molar-refractivity contribution is 9.10. The van der Waals surface area contributed by atoms with E-state index < -0.39 is 6.10 Å². The van der Waals surface area contributed by atoms with Crippen molar-refractivity contribution in [1.82, 2.24) is 24.9 Å². The lowest BCUT2D eigenvalue weighted by molar-refractivity contribution is 0.0910. The summed E-state index contributed by atoms with van der Waals surface area (Å²) in [5.41, 5.74) is 2.28. The molecule has 142 valence electrons. The summed E-state index contributed by atoms with van der Waals surface area (Å²) in [7, 11) is 0. The first-order valence-electron chi connectivity index (χ1n) is 8.70. The highest BCUT2D eigenvalue weighted by atomic mass is 79.9. The lowest BCUT2D eigenvalue weighted by atomic mass is 10.00. The van der Waals surface area contributed by atoms with Gasteiger partial charge in [0, 0.05) is 18.9 Å². The summed E-state index contributed by atoms with van der Waals surface area (Å²) < 4.78 is 4.20. The third kappa shape index (κ3) is 5.05. The second-order valence-electron chi connectivity index (χ2n) is 6.63. The molecule has 0 aliphatic heterocycles. The molecule has 0 spiro atoms. The minimum Gasteiger partial charge on any atom is -0.387 e. The van der Waals surface area contributed by atoms with Crippen LogP contribution in [0.4, 0.5) is 0 Å². The zero-order chi connectivity index (χ0) is 19.4. The molecule has 1 amide bonds. The van der Waals surface area contributed by atoms with Gasteiger partial charge in [-0.2, -0.15) is 10.2 Å². The molecule has 0 bridgehead atoms. The molecule has 2 heterocycles. The Kier molecular flexibility index (Phi) is 6.08. The van der Waals surface area contributed by atoms with Crippen molar-refractivity contribution in [3.05, 3.63) is 70.2 Å². The predicted molar refractivity (Wildman–Crippen MR) is 105 cm³/mol. The van der Waals surface area contributed by atoms with Crippen LogP contribution in [0.3, 0.4) is 0 Å². The van der Waals surface area contributed by atoms with Crippen LogP contribution >= 0.6 is 15.9 Å². The van der Waals surface area contributed by atoms with Crippen molar-refractivity contribution in [3.63, 3.8) is 0 Å². The number of benzene rings is 1. The van der Waals surface area contributed by atoms with Crippen LogP contribution in [-0.4, -0.2) is 37.1 Å². The summed E-state index contributed by atoms with van der Waals surface area (Å²) in [6, 6.07) is 9.42. The normalized spacial score (nSPS) is 12.3. The van der Waals surface area contributed by atoms with Crippen LogP contribution in [0.1, 0.15) is 47.5 Å². The van der Waals surface area contributed by atoms with Gasteiger partial charge in [0.15, 0.2) is 0 Å². The van der Waals surface area contributed by atoms with Gasteiger partial charge in [-0.3, -0.25) is 9.48 Å². The predicted octanol–water partition coefficient (Wildman–Crippen LogP) is 2.93. The molecular formula is C19H22BrN5O2. The van der Waals surface area contributed by atoms with Gasteiger partial charge in [0.25, 0.3) is 5.91 Å². The molecule has 0 saturated carbocycles. The number of aromatic nitrogens is 4. The van der Waals surface area contributed by atoms with Gasteiger partial charge in [0.2, 0.25) is 0 Å². The Labute approximate surface area is 166 Å². The Morgan fingerprint density at radius 2 is 1.89 bits per heavy atom. The lowest BCUT2D eigenvalue weighted by Gasteiger charge is -2.13. The maximum Gasteiger partial charge on any atom is 0.271 e. The number of hydrogen-bond donors (Lipinski definition) is 2. The fraction of sp³-hybridized carbons (Fsp3) is 0.316. The standard InChI is InChI=1S/C19H22BrN5O2/c1-13(2)14-3-5-15(6-4-14)18(26)10-21-19(27)17-7-8-24(23-17)12-25-11-16(20)9-22-25/h3-9,11,13,18,26H,10,12H2,1-2H3,(H,21,27). The number of aliphatic hydroxyl groups is 1. The fourth-order valence-corrected chi connectivity index (χ4v) is 2.95. The highest BCUT2D eigenvalue weighted by Gasteiger charge is 2.13. The average Bonchev–Trinajstić information content (AvgIpc) is 3.29. The van der Waals surface area contributed by atoms with E-state index in [0.29, 0.717) is 18.3 Å². The number of nitrogens with zero attached hydrogens (tertiary/aromatic N) is 4. The van der Waals surface area contributed by atoms with E-state index >= 15 is 0 Å². The molecule has 1 unspecified atom stereocenters. The SMILES string of the molecule is CC(C)c1ccc(C(O)CNC(=O)c2ccn(Cn3cc(Br)cn3)n2)cc1. The number of carbonyl (C=O) groups is 1. The van der Waals surface area contributed by atoms with Gasteiger partial charge in [-0.1, -0.05) is 38.1 Å². The molecule has 2 N–H and O–H groups in total. The summed E-state index contributed by atoms with van der Waals surface area (Å²) in [6.07, 6.45) is 4.46. The molecular weight excluding hydrogens is 410 g/mol. The number of aliphatic hydroxyl groups excluding tert-OH is 1. The zero-order valence-electron chi connectivity index (χ0n) is 15.2. The molecule has 0 radical (unpaired) electrons. The van der Waals surface area contributed by atoms with Crippen molar-refractivity contribution >= 4 is 21.8 Å². The number of nitrogens with one attached hydrogen (secondary N) is 1. The minimum atomic E-state index is -0.765. The van der Waals surface area contributed by atoms with E-state index in [1.54, 1.807) is 27.8 Å². The maximum absolute atomic E-state index is 12.3. The second-order valence-corrected chi connectivity index (χ2v) is 7.54. The average molecular weight is 432 g/mol. The zero-order valence-corrected chi connectivity index (χ0v) is 16.8. The van der Waals surface area contributed by atoms with Crippen LogP contribution in [0.5, 0.6) is 0 Å². The summed E-state index contributed by atoms with van der Waals surface area (Å²) >= 11 is 3.34. The molecule has 0 fully saturated rings. The Bertz CT molecular complexity index is 901. The minimum absolute atomic E-state index is 0.124. The highest BCUT2D eigenvalue weighted by Crippen LogP contribution is 2.18. The first kappa shape index (κ1) is 19.3. The van der Waals surface area contributed by atoms with Crippen LogP contribution < -0.4 is 5.32 Å². The van der Waals surface area contributed by atoms with Crippen molar-refractivity contribution < 1.29 is 9.90 Å². The van der Waals surface area contributed by atoms with Gasteiger partial charge in [-0.15, -0.1) is 0 Å². The summed E-state index contributed by atoms with van der Waals surface area (Å²) in [5, 5.41) is 21.4. The van der Waals surface area contributed by atoms with Crippen molar-refractivity contribution in [2.75, 3.05) is 6.54 Å². The van der Waals surface area contributed by atoms with Gasteiger partial charge in [0.1, 0.15) is 12.4 Å². The van der Waals surface area contributed by atoms with Gasteiger partial charge in [-0.05, 0) is 39.0 Å². The van der Waals surface area contributed by atoms with Crippen LogP contribution in [0, 0.1) is 0 Å². The van der Waals surface area contributed by atoms with E-state index in [1.807, 2.05) is 30.5 Å². The lowest BCUT2D eigenvalue weighted by Crippen LogP contribution is -2.29. The molecule has 27 heavy (non-hydrogen) atoms. The fourth-order valence-electron chi connectivity index (χ4n) is 2.63. The molecule has 8 heteroatoms. The molecule has 0 aliphatic rings. The number of rotatable bonds is 7. The topological polar surface area (TPSA) is 85.0 Å². The number of carbonyl (C=O) groups excluding carboxylic acids is 1. The quantitative estimate of drug-likeness (QED) is 0.601. The maximum atomic E-state index is 12.3. The second kappa shape index (κ2) is 8.49. The molecule has 3 rings (SSSR count). The Morgan fingerprint density at radius 1 is 1.19 bits per heavy atom. The molecule has 2 aromatic heterocycles. The van der Waals surface area contributed by atoms with Gasteiger partial charge >= 0.3 is 0 Å². The molecule has 3 aromatic rings. The Hall–Kier alpha value is -2.45. The summed E-state index contributed by atoms with van der Waals surface area (Å²) in [4.78, 5) is 12.3. The van der Waals surface area contributed by atoms with E-state index in [9.17, 15) is 9.90 Å². The van der Waals surface area contributed by atoms with Crippen LogP contribution in [0.25, 0.3) is 0 Å². The van der Waals surface area contributed by atoms with Crippen molar-refractivity contribution in [1.29, 1.82) is 0 Å². The van der Waals surface area contributed by atoms with E-state index in [0.717, 1.165) is 10.0 Å². The third-order valence-electron chi connectivity index (χ3n) is 4.21. The summed E-state index contributed by atoms with van der Waals surface area (Å²) in [5.74, 6) is 0.113. The monoisotopic (exact) mass is 431 g/mol. The number of hydrogen-bond acceptors (Lipinski definition) is 4. The largest absolute Gasteiger partial charge is 0.387 e. The Balaban J connectivity index is 1.54. The summed E-state index contributed by atoms with van der Waals surface area (Å²) in [6.45, 7) is 4.77. The van der Waals surface area contributed by atoms with Crippen molar-refractivity contribution in [2.24, 2.45) is 0 Å². The number of halogens is 1. The molecule has 1 atom stereocenters. The van der Waals surface area contributed by atoms with E-state index in [2.05, 4.69) is 45.3 Å². The molecule has 0 saturated heterocycles. The van der Waals surface area contributed by atoms with Crippen LogP contribution in [0.2, 0.25) is 0 Å². The smallest absolute Gasteiger partial charge is 0.271 e. The number of amides is 1. The van der Waals surface area contributed by atoms with E-state index in [4.69, 9.17) is 0 Å².